The Balaban J connectivity index is 2.47. The number of esters is 1. The number of nitrogens with zero attached hydrogens (tertiary/aromatic N) is 1. The highest BCUT2D eigenvalue weighted by Crippen LogP contribution is 2.32. The standard InChI is InChI=1S/C12H11NO4/c1-7(14)13-10-6-4-3-5-9(10)11(16)12(13)17-8(2)15/h3-6,12H,1-2H3/t12-/m0/s1. The summed E-state index contributed by atoms with van der Waals surface area (Å²) in [4.78, 5) is 35.7. The number of ketones is 1. The van der Waals surface area contributed by atoms with Crippen LogP contribution in [0.2, 0.25) is 0 Å². The maximum absolute atomic E-state index is 12.0. The zero-order valence-corrected chi connectivity index (χ0v) is 9.47. The quantitative estimate of drug-likeness (QED) is 0.682. The zero-order chi connectivity index (χ0) is 12.6. The second-order valence-electron chi connectivity index (χ2n) is 3.73. The van der Waals surface area contributed by atoms with Crippen LogP contribution in [0.4, 0.5) is 5.69 Å². The SMILES string of the molecule is CC(=O)O[C@H]1C(=O)c2ccccc2N1C(C)=O. The summed E-state index contributed by atoms with van der Waals surface area (Å²) in [7, 11) is 0. The van der Waals surface area contributed by atoms with Crippen molar-refractivity contribution in [3.8, 4) is 0 Å². The molecule has 0 N–H and O–H groups in total. The molecule has 1 heterocycles. The smallest absolute Gasteiger partial charge is 0.304 e. The number of rotatable bonds is 1. The van der Waals surface area contributed by atoms with Gasteiger partial charge in [-0.05, 0) is 12.1 Å². The van der Waals surface area contributed by atoms with Gasteiger partial charge in [-0.2, -0.15) is 0 Å². The van der Waals surface area contributed by atoms with Crippen LogP contribution in [0.5, 0.6) is 0 Å². The van der Waals surface area contributed by atoms with Crippen molar-refractivity contribution in [3.05, 3.63) is 29.8 Å². The lowest BCUT2D eigenvalue weighted by Crippen LogP contribution is -2.41. The second kappa shape index (κ2) is 4.01. The Kier molecular flexibility index (Phi) is 2.67. The fourth-order valence-electron chi connectivity index (χ4n) is 1.87. The highest BCUT2D eigenvalue weighted by molar-refractivity contribution is 6.17. The Morgan fingerprint density at radius 3 is 2.47 bits per heavy atom. The topological polar surface area (TPSA) is 63.7 Å². The van der Waals surface area contributed by atoms with Crippen LogP contribution in [0.15, 0.2) is 24.3 Å². The number of amides is 1. The minimum Gasteiger partial charge on any atom is -0.433 e. The molecule has 0 bridgehead atoms. The maximum Gasteiger partial charge on any atom is 0.304 e. The van der Waals surface area contributed by atoms with Crippen LogP contribution >= 0.6 is 0 Å². The van der Waals surface area contributed by atoms with Crippen LogP contribution in [0.3, 0.4) is 0 Å². The molecule has 5 nitrogen and oxygen atoms in total. The van der Waals surface area contributed by atoms with Crippen LogP contribution in [-0.2, 0) is 14.3 Å². The van der Waals surface area contributed by atoms with Gasteiger partial charge in [0.25, 0.3) is 0 Å². The number of hydrogen-bond donors (Lipinski definition) is 0. The van der Waals surface area contributed by atoms with Gasteiger partial charge in [0.2, 0.25) is 17.9 Å². The Morgan fingerprint density at radius 2 is 1.88 bits per heavy atom. The van der Waals surface area contributed by atoms with Gasteiger partial charge < -0.3 is 4.74 Å². The lowest BCUT2D eigenvalue weighted by atomic mass is 10.1. The van der Waals surface area contributed by atoms with Crippen molar-refractivity contribution in [1.82, 2.24) is 0 Å². The van der Waals surface area contributed by atoms with Crippen molar-refractivity contribution in [1.29, 1.82) is 0 Å². The monoisotopic (exact) mass is 233 g/mol. The highest BCUT2D eigenvalue weighted by atomic mass is 16.6. The third kappa shape index (κ3) is 1.80. The first kappa shape index (κ1) is 11.3. The third-order valence-corrected chi connectivity index (χ3v) is 2.50. The molecule has 0 aromatic heterocycles. The summed E-state index contributed by atoms with van der Waals surface area (Å²) in [5.41, 5.74) is 0.880. The first-order chi connectivity index (χ1) is 8.02. The van der Waals surface area contributed by atoms with E-state index in [1.807, 2.05) is 0 Å². The number of benzene rings is 1. The van der Waals surface area contributed by atoms with E-state index in [2.05, 4.69) is 0 Å². The van der Waals surface area contributed by atoms with Gasteiger partial charge in [0.05, 0.1) is 5.69 Å². The molecule has 0 fully saturated rings. The number of hydrogen-bond acceptors (Lipinski definition) is 4. The van der Waals surface area contributed by atoms with Crippen LogP contribution in [0.25, 0.3) is 0 Å². The fraction of sp³-hybridized carbons (Fsp3) is 0.250. The predicted octanol–water partition coefficient (Wildman–Crippen LogP) is 1.12. The van der Waals surface area contributed by atoms with Crippen LogP contribution < -0.4 is 4.90 Å². The largest absolute Gasteiger partial charge is 0.433 e. The fourth-order valence-corrected chi connectivity index (χ4v) is 1.87. The molecule has 5 heteroatoms. The molecule has 1 atom stereocenters. The molecule has 17 heavy (non-hydrogen) atoms. The van der Waals surface area contributed by atoms with Crippen LogP contribution in [0.1, 0.15) is 24.2 Å². The number of ether oxygens (including phenoxy) is 1. The molecule has 1 aromatic carbocycles. The van der Waals surface area contributed by atoms with Crippen LogP contribution in [-0.4, -0.2) is 23.9 Å². The molecule has 0 unspecified atom stereocenters. The average molecular weight is 233 g/mol. The van der Waals surface area contributed by atoms with Gasteiger partial charge >= 0.3 is 5.97 Å². The molecule has 0 saturated carbocycles. The molecule has 0 spiro atoms. The highest BCUT2D eigenvalue weighted by Gasteiger charge is 2.41. The lowest BCUT2D eigenvalue weighted by molar-refractivity contribution is -0.144. The molecular formula is C12H11NO4. The van der Waals surface area contributed by atoms with Gasteiger partial charge in [-0.15, -0.1) is 0 Å². The molecule has 0 aliphatic carbocycles. The summed E-state index contributed by atoms with van der Waals surface area (Å²) in [6, 6.07) is 6.68. The molecule has 2 rings (SSSR count). The summed E-state index contributed by atoms with van der Waals surface area (Å²) < 4.78 is 4.90. The van der Waals surface area contributed by atoms with Gasteiger partial charge in [-0.25, -0.2) is 0 Å². The minimum atomic E-state index is -1.16. The summed E-state index contributed by atoms with van der Waals surface area (Å²) >= 11 is 0. The van der Waals surface area contributed by atoms with E-state index in [9.17, 15) is 14.4 Å². The van der Waals surface area contributed by atoms with Gasteiger partial charge in [-0.3, -0.25) is 19.3 Å². The number of carbonyl (C=O) groups excluding carboxylic acids is 3. The van der Waals surface area contributed by atoms with Crippen molar-refractivity contribution in [2.75, 3.05) is 4.90 Å². The van der Waals surface area contributed by atoms with Crippen LogP contribution in [0, 0.1) is 0 Å². The molecule has 1 aliphatic heterocycles. The van der Waals surface area contributed by atoms with E-state index in [1.54, 1.807) is 24.3 Å². The van der Waals surface area contributed by atoms with Crippen molar-refractivity contribution >= 4 is 23.3 Å². The molecule has 1 aliphatic rings. The molecule has 0 saturated heterocycles. The van der Waals surface area contributed by atoms with Gasteiger partial charge in [0, 0.05) is 19.4 Å². The number of Topliss-reactive ketones (excluding diaryl/α,β-unsaturated/α-hetero) is 1. The number of fused-ring (bicyclic) bond motifs is 1. The van der Waals surface area contributed by atoms with E-state index in [0.717, 1.165) is 0 Å². The number of anilines is 1. The van der Waals surface area contributed by atoms with Crippen molar-refractivity contribution in [2.24, 2.45) is 0 Å². The summed E-state index contributed by atoms with van der Waals surface area (Å²) in [5.74, 6) is -1.30. The maximum atomic E-state index is 12.0. The van der Waals surface area contributed by atoms with E-state index in [-0.39, 0.29) is 11.7 Å². The van der Waals surface area contributed by atoms with Crippen molar-refractivity contribution < 1.29 is 19.1 Å². The van der Waals surface area contributed by atoms with E-state index in [4.69, 9.17) is 4.74 Å². The second-order valence-corrected chi connectivity index (χ2v) is 3.73. The molecule has 1 aromatic rings. The Labute approximate surface area is 98.0 Å². The molecule has 88 valence electrons. The first-order valence-corrected chi connectivity index (χ1v) is 5.12. The minimum absolute atomic E-state index is 0.338. The number of carbonyl (C=O) groups is 3. The third-order valence-electron chi connectivity index (χ3n) is 2.50. The molecule has 0 radical (unpaired) electrons. The van der Waals surface area contributed by atoms with E-state index >= 15 is 0 Å². The summed E-state index contributed by atoms with van der Waals surface area (Å²) in [5, 5.41) is 0. The van der Waals surface area contributed by atoms with Crippen molar-refractivity contribution in [3.63, 3.8) is 0 Å². The van der Waals surface area contributed by atoms with E-state index in [1.165, 1.54) is 18.7 Å². The summed E-state index contributed by atoms with van der Waals surface area (Å²) in [6.07, 6.45) is -1.16. The zero-order valence-electron chi connectivity index (χ0n) is 9.47. The van der Waals surface area contributed by atoms with E-state index < -0.39 is 12.2 Å². The van der Waals surface area contributed by atoms with Crippen molar-refractivity contribution in [2.45, 2.75) is 20.1 Å². The van der Waals surface area contributed by atoms with E-state index in [0.29, 0.717) is 11.3 Å². The predicted molar refractivity (Wildman–Crippen MR) is 59.5 cm³/mol. The normalized spacial score (nSPS) is 17.9. The molecule has 1 amide bonds. The van der Waals surface area contributed by atoms with Gasteiger partial charge in [-0.1, -0.05) is 12.1 Å². The average Bonchev–Trinajstić information content (AvgIpc) is 2.52. The Morgan fingerprint density at radius 1 is 1.24 bits per heavy atom. The van der Waals surface area contributed by atoms with Gasteiger partial charge in [0.1, 0.15) is 0 Å². The Bertz CT molecular complexity index is 509. The van der Waals surface area contributed by atoms with Gasteiger partial charge in [0.15, 0.2) is 0 Å². The number of para-hydroxylation sites is 1. The molecular weight excluding hydrogens is 222 g/mol. The summed E-state index contributed by atoms with van der Waals surface area (Å²) in [6.45, 7) is 2.53. The Hall–Kier alpha value is -2.17. The first-order valence-electron chi connectivity index (χ1n) is 5.12. The lowest BCUT2D eigenvalue weighted by Gasteiger charge is -2.21.